The number of benzene rings is 1. The number of nitrogens with two attached hydrogens (primary N) is 1. The fraction of sp³-hybridized carbons (Fsp3) is 0.143. The van der Waals surface area contributed by atoms with Crippen molar-refractivity contribution >= 4 is 11.5 Å². The first-order valence-electron chi connectivity index (χ1n) is 5.63. The van der Waals surface area contributed by atoms with Crippen molar-refractivity contribution in [3.63, 3.8) is 0 Å². The van der Waals surface area contributed by atoms with Gasteiger partial charge in [0.25, 0.3) is 0 Å². The maximum atomic E-state index is 12.4. The number of nitrogen functional groups attached to an aromatic ring is 1. The summed E-state index contributed by atoms with van der Waals surface area (Å²) in [5, 5.41) is 0. The minimum Gasteiger partial charge on any atom is -0.497 e. The number of rotatable bonds is 4. The second-order valence-electron chi connectivity index (χ2n) is 3.89. The molecule has 19 heavy (non-hydrogen) atoms. The number of anilines is 1. The molecule has 5 nitrogen and oxygen atoms in total. The largest absolute Gasteiger partial charge is 0.497 e. The van der Waals surface area contributed by atoms with Gasteiger partial charge in [0.2, 0.25) is 0 Å². The van der Waals surface area contributed by atoms with E-state index in [0.29, 0.717) is 28.3 Å². The smallest absolute Gasteiger partial charge is 0.196 e. The molecule has 0 radical (unpaired) electrons. The van der Waals surface area contributed by atoms with E-state index in [2.05, 4.69) is 4.98 Å². The highest BCUT2D eigenvalue weighted by Crippen LogP contribution is 2.25. The molecular formula is C14H14N2O3. The molecule has 1 heterocycles. The third-order valence-corrected chi connectivity index (χ3v) is 2.71. The van der Waals surface area contributed by atoms with E-state index >= 15 is 0 Å². The topological polar surface area (TPSA) is 74.4 Å². The molecular weight excluding hydrogens is 244 g/mol. The van der Waals surface area contributed by atoms with Crippen LogP contribution in [-0.4, -0.2) is 25.0 Å². The lowest BCUT2D eigenvalue weighted by molar-refractivity contribution is 0.103. The van der Waals surface area contributed by atoms with Gasteiger partial charge in [-0.15, -0.1) is 0 Å². The first-order valence-corrected chi connectivity index (χ1v) is 5.63. The first-order chi connectivity index (χ1) is 9.15. The minimum atomic E-state index is -0.220. The van der Waals surface area contributed by atoms with Crippen LogP contribution in [0.2, 0.25) is 0 Å². The van der Waals surface area contributed by atoms with Crippen LogP contribution in [0, 0.1) is 0 Å². The second-order valence-corrected chi connectivity index (χ2v) is 3.89. The van der Waals surface area contributed by atoms with E-state index in [1.54, 1.807) is 24.3 Å². The number of ketones is 1. The average Bonchev–Trinajstić information content (AvgIpc) is 2.46. The van der Waals surface area contributed by atoms with Gasteiger partial charge in [-0.3, -0.25) is 9.78 Å². The van der Waals surface area contributed by atoms with E-state index in [1.807, 2.05) is 0 Å². The van der Waals surface area contributed by atoms with Crippen LogP contribution < -0.4 is 15.2 Å². The predicted octanol–water partition coefficient (Wildman–Crippen LogP) is 1.91. The zero-order valence-corrected chi connectivity index (χ0v) is 10.7. The standard InChI is InChI=1S/C14H14N2O3/c1-18-10-5-9(6-11(7-10)19-2)14(17)12-8-16-4-3-13(12)15/h3-8H,1-2H3,(H2,15,16). The minimum absolute atomic E-state index is 0.220. The van der Waals surface area contributed by atoms with Gasteiger partial charge in [0, 0.05) is 29.7 Å². The van der Waals surface area contributed by atoms with Crippen LogP contribution in [-0.2, 0) is 0 Å². The molecule has 0 aliphatic carbocycles. The molecule has 0 saturated heterocycles. The number of aromatic nitrogens is 1. The molecule has 0 amide bonds. The lowest BCUT2D eigenvalue weighted by atomic mass is 10.0. The fourth-order valence-electron chi connectivity index (χ4n) is 1.69. The summed E-state index contributed by atoms with van der Waals surface area (Å²) in [6.07, 6.45) is 2.99. The average molecular weight is 258 g/mol. The van der Waals surface area contributed by atoms with Gasteiger partial charge in [0.05, 0.1) is 19.8 Å². The third kappa shape index (κ3) is 2.65. The highest BCUT2D eigenvalue weighted by atomic mass is 16.5. The van der Waals surface area contributed by atoms with Crippen LogP contribution in [0.1, 0.15) is 15.9 Å². The van der Waals surface area contributed by atoms with E-state index in [0.717, 1.165) is 0 Å². The van der Waals surface area contributed by atoms with Gasteiger partial charge in [-0.25, -0.2) is 0 Å². The zero-order valence-electron chi connectivity index (χ0n) is 10.7. The van der Waals surface area contributed by atoms with Gasteiger partial charge >= 0.3 is 0 Å². The molecule has 0 aliphatic heterocycles. The summed E-state index contributed by atoms with van der Waals surface area (Å²) >= 11 is 0. The molecule has 98 valence electrons. The molecule has 2 N–H and O–H groups in total. The van der Waals surface area contributed by atoms with Gasteiger partial charge in [-0.2, -0.15) is 0 Å². The number of ether oxygens (including phenoxy) is 2. The number of methoxy groups -OCH3 is 2. The van der Waals surface area contributed by atoms with Gasteiger partial charge < -0.3 is 15.2 Å². The fourth-order valence-corrected chi connectivity index (χ4v) is 1.69. The van der Waals surface area contributed by atoms with Gasteiger partial charge in [-0.1, -0.05) is 0 Å². The highest BCUT2D eigenvalue weighted by Gasteiger charge is 2.14. The summed E-state index contributed by atoms with van der Waals surface area (Å²) in [5.41, 5.74) is 6.97. The van der Waals surface area contributed by atoms with E-state index in [4.69, 9.17) is 15.2 Å². The summed E-state index contributed by atoms with van der Waals surface area (Å²) in [7, 11) is 3.06. The van der Waals surface area contributed by atoms with Crippen molar-refractivity contribution in [1.82, 2.24) is 4.98 Å². The Bertz CT molecular complexity index is 589. The molecule has 0 unspecified atom stereocenters. The Labute approximate surface area is 111 Å². The molecule has 2 rings (SSSR count). The summed E-state index contributed by atoms with van der Waals surface area (Å²) in [6.45, 7) is 0. The molecule has 0 fully saturated rings. The van der Waals surface area contributed by atoms with E-state index in [1.165, 1.54) is 26.6 Å². The van der Waals surface area contributed by atoms with Gasteiger partial charge in [-0.05, 0) is 18.2 Å². The number of pyridine rings is 1. The van der Waals surface area contributed by atoms with Crippen molar-refractivity contribution in [1.29, 1.82) is 0 Å². The number of carbonyl (C=O) groups is 1. The highest BCUT2D eigenvalue weighted by molar-refractivity contribution is 6.12. The van der Waals surface area contributed by atoms with E-state index in [-0.39, 0.29) is 5.78 Å². The van der Waals surface area contributed by atoms with Gasteiger partial charge in [0.15, 0.2) is 5.78 Å². The second kappa shape index (κ2) is 5.39. The number of carbonyl (C=O) groups excluding carboxylic acids is 1. The lowest BCUT2D eigenvalue weighted by Gasteiger charge is -2.08. The Balaban J connectivity index is 2.47. The Morgan fingerprint density at radius 3 is 2.32 bits per heavy atom. The van der Waals surface area contributed by atoms with Crippen LogP contribution >= 0.6 is 0 Å². The molecule has 1 aromatic heterocycles. The van der Waals surface area contributed by atoms with Gasteiger partial charge in [0.1, 0.15) is 11.5 Å². The number of nitrogens with zero attached hydrogens (tertiary/aromatic N) is 1. The van der Waals surface area contributed by atoms with Crippen LogP contribution in [0.3, 0.4) is 0 Å². The maximum Gasteiger partial charge on any atom is 0.196 e. The predicted molar refractivity (Wildman–Crippen MR) is 71.6 cm³/mol. The quantitative estimate of drug-likeness (QED) is 0.848. The lowest BCUT2D eigenvalue weighted by Crippen LogP contribution is -2.06. The van der Waals surface area contributed by atoms with Crippen LogP contribution in [0.4, 0.5) is 5.69 Å². The van der Waals surface area contributed by atoms with E-state index in [9.17, 15) is 4.79 Å². The van der Waals surface area contributed by atoms with Crippen molar-refractivity contribution in [2.75, 3.05) is 20.0 Å². The first kappa shape index (κ1) is 12.9. The van der Waals surface area contributed by atoms with Crippen LogP contribution in [0.25, 0.3) is 0 Å². The van der Waals surface area contributed by atoms with Crippen LogP contribution in [0.15, 0.2) is 36.7 Å². The summed E-state index contributed by atoms with van der Waals surface area (Å²) in [4.78, 5) is 16.3. The number of hydrogen-bond donors (Lipinski definition) is 1. The number of hydrogen-bond acceptors (Lipinski definition) is 5. The SMILES string of the molecule is COc1cc(OC)cc(C(=O)c2cnccc2N)c1. The molecule has 5 heteroatoms. The van der Waals surface area contributed by atoms with E-state index < -0.39 is 0 Å². The summed E-state index contributed by atoms with van der Waals surface area (Å²) < 4.78 is 10.3. The van der Waals surface area contributed by atoms with Crippen molar-refractivity contribution in [3.8, 4) is 11.5 Å². The normalized spacial score (nSPS) is 10.0. The molecule has 1 aromatic carbocycles. The summed E-state index contributed by atoms with van der Waals surface area (Å²) in [6, 6.07) is 6.56. The Hall–Kier alpha value is -2.56. The molecule has 2 aromatic rings. The van der Waals surface area contributed by atoms with Crippen molar-refractivity contribution in [3.05, 3.63) is 47.8 Å². The summed E-state index contributed by atoms with van der Waals surface area (Å²) in [5.74, 6) is 0.873. The third-order valence-electron chi connectivity index (χ3n) is 2.71. The molecule has 0 bridgehead atoms. The zero-order chi connectivity index (χ0) is 13.8. The molecule has 0 aliphatic rings. The van der Waals surface area contributed by atoms with Crippen LogP contribution in [0.5, 0.6) is 11.5 Å². The molecule has 0 atom stereocenters. The molecule has 0 spiro atoms. The molecule has 0 saturated carbocycles. The Morgan fingerprint density at radius 1 is 1.16 bits per heavy atom. The van der Waals surface area contributed by atoms with Crippen molar-refractivity contribution < 1.29 is 14.3 Å². The monoisotopic (exact) mass is 258 g/mol. The van der Waals surface area contributed by atoms with Crippen molar-refractivity contribution in [2.24, 2.45) is 0 Å². The Morgan fingerprint density at radius 2 is 1.79 bits per heavy atom. The Kier molecular flexibility index (Phi) is 3.66. The maximum absolute atomic E-state index is 12.4. The van der Waals surface area contributed by atoms with Crippen molar-refractivity contribution in [2.45, 2.75) is 0 Å².